The van der Waals surface area contributed by atoms with Crippen molar-refractivity contribution in [3.8, 4) is 16.4 Å². The Morgan fingerprint density at radius 3 is 2.52 bits per heavy atom. The molecule has 0 atom stereocenters. The van der Waals surface area contributed by atoms with E-state index in [0.717, 1.165) is 17.0 Å². The van der Waals surface area contributed by atoms with E-state index in [1.54, 1.807) is 22.9 Å². The average molecular weight is 464 g/mol. The number of halogens is 3. The van der Waals surface area contributed by atoms with Crippen molar-refractivity contribution in [2.45, 2.75) is 6.92 Å². The number of thiazole rings is 1. The minimum absolute atomic E-state index is 0.283. The lowest BCUT2D eigenvalue weighted by Crippen LogP contribution is -2.15. The van der Waals surface area contributed by atoms with Gasteiger partial charge < -0.3 is 5.32 Å². The maximum atomic E-state index is 12.7. The van der Waals surface area contributed by atoms with Crippen LogP contribution in [-0.4, -0.2) is 20.7 Å². The zero-order valence-electron chi connectivity index (χ0n) is 15.0. The molecule has 0 radical (unpaired) electrons. The Morgan fingerprint density at radius 2 is 1.76 bits per heavy atom. The number of carbonyl (C=O) groups is 1. The van der Waals surface area contributed by atoms with Crippen LogP contribution in [-0.2, 0) is 0 Å². The van der Waals surface area contributed by atoms with Crippen LogP contribution in [0.3, 0.4) is 0 Å². The highest BCUT2D eigenvalue weighted by Crippen LogP contribution is 2.28. The highest BCUT2D eigenvalue weighted by Gasteiger charge is 2.17. The smallest absolute Gasteiger partial charge is 0.258 e. The van der Waals surface area contributed by atoms with E-state index >= 15 is 0 Å². The largest absolute Gasteiger partial charge is 0.306 e. The van der Waals surface area contributed by atoms with Crippen molar-refractivity contribution in [3.63, 3.8) is 0 Å². The van der Waals surface area contributed by atoms with E-state index in [1.165, 1.54) is 17.4 Å². The Balaban J connectivity index is 1.64. The number of aromatic nitrogens is 3. The number of amides is 1. The summed E-state index contributed by atoms with van der Waals surface area (Å²) in [5.74, 6) is 0.105. The summed E-state index contributed by atoms with van der Waals surface area (Å²) in [6.45, 7) is 1.84. The maximum Gasteiger partial charge on any atom is 0.258 e. The molecule has 9 heteroatoms. The first-order valence-corrected chi connectivity index (χ1v) is 10.5. The van der Waals surface area contributed by atoms with Gasteiger partial charge in [-0.3, -0.25) is 4.79 Å². The van der Waals surface area contributed by atoms with Crippen LogP contribution in [0.4, 0.5) is 5.82 Å². The Labute approximate surface area is 185 Å². The van der Waals surface area contributed by atoms with Crippen molar-refractivity contribution in [3.05, 3.63) is 80.2 Å². The number of benzene rings is 2. The van der Waals surface area contributed by atoms with Gasteiger partial charge in [0.05, 0.1) is 22.0 Å². The predicted molar refractivity (Wildman–Crippen MR) is 119 cm³/mol. The first-order valence-electron chi connectivity index (χ1n) is 8.45. The molecule has 29 heavy (non-hydrogen) atoms. The molecule has 0 saturated heterocycles. The molecule has 0 saturated carbocycles. The van der Waals surface area contributed by atoms with Crippen LogP contribution in [0.5, 0.6) is 0 Å². The number of carbonyl (C=O) groups excluding carboxylic acids is 1. The van der Waals surface area contributed by atoms with E-state index in [2.05, 4.69) is 15.4 Å². The molecule has 0 aliphatic carbocycles. The van der Waals surface area contributed by atoms with Gasteiger partial charge in [0, 0.05) is 27.1 Å². The summed E-state index contributed by atoms with van der Waals surface area (Å²) in [6, 6.07) is 13.9. The first-order chi connectivity index (χ1) is 13.9. The molecule has 2 heterocycles. The molecule has 2 aromatic carbocycles. The fourth-order valence-corrected chi connectivity index (χ4v) is 4.00. The monoisotopic (exact) mass is 462 g/mol. The number of hydrogen-bond acceptors (Lipinski definition) is 4. The standard InChI is InChI=1S/C20H13Cl3N4OS/c1-11-8-18(25-19(28)15-9-14(22)6-7-16(15)23)27(26-11)20-24-17(10-29-20)12-2-4-13(21)5-3-12/h2-10H,1H3,(H,25,28). The molecular weight excluding hydrogens is 451 g/mol. The SMILES string of the molecule is Cc1cc(NC(=O)c2cc(Cl)ccc2Cl)n(-c2nc(-c3ccc(Cl)cc3)cs2)n1. The number of aryl methyl sites for hydroxylation is 1. The molecule has 1 amide bonds. The van der Waals surface area contributed by atoms with E-state index in [0.29, 0.717) is 26.0 Å². The first kappa shape index (κ1) is 19.9. The second-order valence-corrected chi connectivity index (χ2v) is 8.30. The zero-order chi connectivity index (χ0) is 20.5. The average Bonchev–Trinajstić information content (AvgIpc) is 3.31. The third-order valence-electron chi connectivity index (χ3n) is 4.06. The number of hydrogen-bond donors (Lipinski definition) is 1. The van der Waals surface area contributed by atoms with Crippen LogP contribution in [0.15, 0.2) is 53.9 Å². The van der Waals surface area contributed by atoms with Crippen molar-refractivity contribution in [1.29, 1.82) is 0 Å². The van der Waals surface area contributed by atoms with Gasteiger partial charge in [-0.05, 0) is 37.3 Å². The van der Waals surface area contributed by atoms with Gasteiger partial charge in [-0.2, -0.15) is 9.78 Å². The fraction of sp³-hybridized carbons (Fsp3) is 0.0500. The Morgan fingerprint density at radius 1 is 1.03 bits per heavy atom. The summed E-state index contributed by atoms with van der Waals surface area (Å²) in [6.07, 6.45) is 0. The van der Waals surface area contributed by atoms with Gasteiger partial charge >= 0.3 is 0 Å². The molecule has 0 aliphatic heterocycles. The number of nitrogens with one attached hydrogen (secondary N) is 1. The van der Waals surface area contributed by atoms with Gasteiger partial charge in [-0.15, -0.1) is 11.3 Å². The second-order valence-electron chi connectivity index (χ2n) is 6.18. The van der Waals surface area contributed by atoms with Crippen LogP contribution in [0.1, 0.15) is 16.1 Å². The van der Waals surface area contributed by atoms with Crippen molar-refractivity contribution < 1.29 is 4.79 Å². The number of nitrogens with zero attached hydrogens (tertiary/aromatic N) is 3. The van der Waals surface area contributed by atoms with Crippen molar-refractivity contribution >= 4 is 57.9 Å². The fourth-order valence-electron chi connectivity index (χ4n) is 2.70. The summed E-state index contributed by atoms with van der Waals surface area (Å²) in [5.41, 5.74) is 2.76. The van der Waals surface area contributed by atoms with E-state index in [1.807, 2.05) is 36.6 Å². The van der Waals surface area contributed by atoms with Crippen LogP contribution in [0.2, 0.25) is 15.1 Å². The van der Waals surface area contributed by atoms with Crippen LogP contribution < -0.4 is 5.32 Å². The van der Waals surface area contributed by atoms with E-state index in [4.69, 9.17) is 34.8 Å². The summed E-state index contributed by atoms with van der Waals surface area (Å²) in [7, 11) is 0. The molecule has 0 bridgehead atoms. The van der Waals surface area contributed by atoms with Crippen LogP contribution in [0, 0.1) is 6.92 Å². The van der Waals surface area contributed by atoms with Crippen LogP contribution >= 0.6 is 46.1 Å². The molecule has 0 spiro atoms. The number of anilines is 1. The summed E-state index contributed by atoms with van der Waals surface area (Å²) in [5, 5.41) is 11.2. The zero-order valence-corrected chi connectivity index (χ0v) is 18.1. The van der Waals surface area contributed by atoms with Gasteiger partial charge in [0.1, 0.15) is 5.82 Å². The predicted octanol–water partition coefficient (Wildman–Crippen LogP) is 6.52. The van der Waals surface area contributed by atoms with Gasteiger partial charge in [0.2, 0.25) is 5.13 Å². The lowest BCUT2D eigenvalue weighted by molar-refractivity contribution is 0.102. The van der Waals surface area contributed by atoms with Gasteiger partial charge in [-0.1, -0.05) is 46.9 Å². The number of rotatable bonds is 4. The summed E-state index contributed by atoms with van der Waals surface area (Å²) in [4.78, 5) is 17.4. The lowest BCUT2D eigenvalue weighted by atomic mass is 10.2. The molecule has 4 aromatic rings. The topological polar surface area (TPSA) is 59.8 Å². The minimum Gasteiger partial charge on any atom is -0.306 e. The molecule has 0 aliphatic rings. The second kappa shape index (κ2) is 8.16. The summed E-state index contributed by atoms with van der Waals surface area (Å²) >= 11 is 19.5. The Bertz CT molecular complexity index is 1200. The van der Waals surface area contributed by atoms with Gasteiger partial charge in [0.25, 0.3) is 5.91 Å². The van der Waals surface area contributed by atoms with E-state index < -0.39 is 0 Å². The third kappa shape index (κ3) is 4.31. The van der Waals surface area contributed by atoms with Crippen molar-refractivity contribution in [2.24, 2.45) is 0 Å². The highest BCUT2D eigenvalue weighted by atomic mass is 35.5. The third-order valence-corrected chi connectivity index (χ3v) is 5.69. The molecule has 2 aromatic heterocycles. The molecule has 0 unspecified atom stereocenters. The Hall–Kier alpha value is -2.38. The maximum absolute atomic E-state index is 12.7. The minimum atomic E-state index is -0.381. The van der Waals surface area contributed by atoms with Crippen molar-refractivity contribution in [2.75, 3.05) is 5.32 Å². The quantitative estimate of drug-likeness (QED) is 0.375. The highest BCUT2D eigenvalue weighted by molar-refractivity contribution is 7.12. The van der Waals surface area contributed by atoms with Gasteiger partial charge in [0.15, 0.2) is 0 Å². The van der Waals surface area contributed by atoms with Crippen LogP contribution in [0.25, 0.3) is 16.4 Å². The van der Waals surface area contributed by atoms with Gasteiger partial charge in [-0.25, -0.2) is 4.98 Å². The molecule has 1 N–H and O–H groups in total. The Kier molecular flexibility index (Phi) is 5.61. The molecular formula is C20H13Cl3N4OS. The van der Waals surface area contributed by atoms with E-state index in [-0.39, 0.29) is 11.5 Å². The molecule has 0 fully saturated rings. The summed E-state index contributed by atoms with van der Waals surface area (Å²) < 4.78 is 1.59. The van der Waals surface area contributed by atoms with E-state index in [9.17, 15) is 4.79 Å². The van der Waals surface area contributed by atoms with Crippen molar-refractivity contribution in [1.82, 2.24) is 14.8 Å². The normalized spacial score (nSPS) is 10.9. The molecule has 4 rings (SSSR count). The lowest BCUT2D eigenvalue weighted by Gasteiger charge is -2.08. The molecule has 5 nitrogen and oxygen atoms in total. The molecule has 146 valence electrons.